The summed E-state index contributed by atoms with van der Waals surface area (Å²) in [5.41, 5.74) is 0. The Balaban J connectivity index is 0. The number of quaternary nitrogens is 1. The molecule has 0 aliphatic carbocycles. The molecule has 0 aromatic carbocycles. The van der Waals surface area contributed by atoms with Gasteiger partial charge in [0, 0.05) is 13.5 Å². The number of amides is 1. The summed E-state index contributed by atoms with van der Waals surface area (Å²) in [5, 5.41) is 10.3. The lowest BCUT2D eigenvalue weighted by atomic mass is 10.1. The van der Waals surface area contributed by atoms with Crippen molar-refractivity contribution >= 4 is 11.9 Å². The molecule has 4 N–H and O–H groups in total. The van der Waals surface area contributed by atoms with Gasteiger partial charge in [-0.25, -0.2) is 0 Å². The summed E-state index contributed by atoms with van der Waals surface area (Å²) in [6.07, 6.45) is 8.54. The maximum atomic E-state index is 11.4. The van der Waals surface area contributed by atoms with E-state index in [-0.39, 0.29) is 18.6 Å². The van der Waals surface area contributed by atoms with Crippen LogP contribution in [-0.4, -0.2) is 30.4 Å². The van der Waals surface area contributed by atoms with Crippen LogP contribution in [0.3, 0.4) is 0 Å². The van der Waals surface area contributed by atoms with E-state index < -0.39 is 5.97 Å². The summed E-state index contributed by atoms with van der Waals surface area (Å²) in [6.45, 7) is 1.88. The molecule has 18 heavy (non-hydrogen) atoms. The summed E-state index contributed by atoms with van der Waals surface area (Å²) in [6, 6.07) is 0. The smallest absolute Gasteiger partial charge is 0.222 e. The van der Waals surface area contributed by atoms with Crippen molar-refractivity contribution in [1.82, 2.24) is 11.1 Å². The first-order chi connectivity index (χ1) is 8.07. The molecule has 5 heteroatoms. The third-order valence-corrected chi connectivity index (χ3v) is 2.79. The van der Waals surface area contributed by atoms with Crippen LogP contribution in [0, 0.1) is 0 Å². The van der Waals surface area contributed by atoms with Gasteiger partial charge < -0.3 is 21.0 Å². The van der Waals surface area contributed by atoms with Crippen LogP contribution in [0.4, 0.5) is 0 Å². The molecular weight excluding hydrogens is 232 g/mol. The Hall–Kier alpha value is -1.10. The summed E-state index contributed by atoms with van der Waals surface area (Å²) < 4.78 is 0. The fraction of sp³-hybridized carbons (Fsp3) is 0.846. The lowest BCUT2D eigenvalue weighted by Gasteiger charge is -2.17. The van der Waals surface area contributed by atoms with Gasteiger partial charge >= 0.3 is 0 Å². The molecule has 108 valence electrons. The molecular formula is C13H28N2O3. The zero-order valence-corrected chi connectivity index (χ0v) is 12.0. The van der Waals surface area contributed by atoms with E-state index in [2.05, 4.69) is 6.92 Å². The summed E-state index contributed by atoms with van der Waals surface area (Å²) >= 11 is 0. The molecule has 0 bridgehead atoms. The van der Waals surface area contributed by atoms with E-state index in [1.807, 2.05) is 0 Å². The lowest BCUT2D eigenvalue weighted by molar-refractivity contribution is -0.305. The minimum absolute atomic E-state index is 0. The lowest BCUT2D eigenvalue weighted by Crippen LogP contribution is -2.39. The number of unbranched alkanes of at least 4 members (excludes halogenated alkanes) is 6. The SMILES string of the molecule is CCCCCCCCCC(=O)N(C)CC(=O)[O-].[NH4+]. The van der Waals surface area contributed by atoms with Crippen molar-refractivity contribution in [2.75, 3.05) is 13.6 Å². The minimum atomic E-state index is -1.21. The first-order valence-electron chi connectivity index (χ1n) is 6.51. The van der Waals surface area contributed by atoms with Gasteiger partial charge in [0.2, 0.25) is 5.91 Å². The number of hydrogen-bond acceptors (Lipinski definition) is 3. The molecule has 0 radical (unpaired) electrons. The quantitative estimate of drug-likeness (QED) is 0.605. The molecule has 0 spiro atoms. The zero-order chi connectivity index (χ0) is 13.1. The fourth-order valence-electron chi connectivity index (χ4n) is 1.71. The number of hydrogen-bond donors (Lipinski definition) is 1. The Morgan fingerprint density at radius 2 is 1.50 bits per heavy atom. The highest BCUT2D eigenvalue weighted by Crippen LogP contribution is 2.08. The molecule has 5 nitrogen and oxygen atoms in total. The van der Waals surface area contributed by atoms with Crippen LogP contribution in [0.5, 0.6) is 0 Å². The number of carbonyl (C=O) groups is 2. The number of carbonyl (C=O) groups excluding carboxylic acids is 2. The maximum absolute atomic E-state index is 11.4. The molecule has 0 aliphatic heterocycles. The molecule has 0 atom stereocenters. The van der Waals surface area contributed by atoms with Crippen molar-refractivity contribution in [3.63, 3.8) is 0 Å². The average Bonchev–Trinajstić information content (AvgIpc) is 2.26. The van der Waals surface area contributed by atoms with Crippen LogP contribution in [0.1, 0.15) is 58.3 Å². The normalized spacial score (nSPS) is 9.67. The first-order valence-corrected chi connectivity index (χ1v) is 6.51. The second kappa shape index (κ2) is 12.4. The third-order valence-electron chi connectivity index (χ3n) is 2.79. The van der Waals surface area contributed by atoms with Gasteiger partial charge in [0.25, 0.3) is 0 Å². The zero-order valence-electron chi connectivity index (χ0n) is 12.0. The second-order valence-corrected chi connectivity index (χ2v) is 4.49. The predicted molar refractivity (Wildman–Crippen MR) is 71.2 cm³/mol. The molecule has 0 unspecified atom stereocenters. The Morgan fingerprint density at radius 1 is 1.00 bits per heavy atom. The van der Waals surface area contributed by atoms with E-state index in [0.717, 1.165) is 19.3 Å². The number of aliphatic carboxylic acids is 1. The molecule has 0 aromatic heterocycles. The van der Waals surface area contributed by atoms with Gasteiger partial charge in [0.05, 0.1) is 12.5 Å². The van der Waals surface area contributed by atoms with Gasteiger partial charge in [-0.15, -0.1) is 0 Å². The number of nitrogens with zero attached hydrogens (tertiary/aromatic N) is 1. The van der Waals surface area contributed by atoms with Crippen LogP contribution in [-0.2, 0) is 9.59 Å². The van der Waals surface area contributed by atoms with Crippen molar-refractivity contribution < 1.29 is 14.7 Å². The van der Waals surface area contributed by atoms with Crippen molar-refractivity contribution in [3.8, 4) is 0 Å². The molecule has 1 amide bonds. The van der Waals surface area contributed by atoms with Gasteiger partial charge in [-0.05, 0) is 6.42 Å². The molecule has 0 aliphatic rings. The van der Waals surface area contributed by atoms with Gasteiger partial charge in [-0.2, -0.15) is 0 Å². The molecule has 0 aromatic rings. The average molecular weight is 260 g/mol. The standard InChI is InChI=1S/C13H25NO3.H3N/c1-3-4-5-6-7-8-9-10-12(15)14(2)11-13(16)17;/h3-11H2,1-2H3,(H,16,17);1H3. The second-order valence-electron chi connectivity index (χ2n) is 4.49. The van der Waals surface area contributed by atoms with E-state index >= 15 is 0 Å². The van der Waals surface area contributed by atoms with E-state index in [0.29, 0.717) is 6.42 Å². The highest BCUT2D eigenvalue weighted by Gasteiger charge is 2.07. The number of likely N-dealkylation sites (N-methyl/N-ethyl adjacent to an activating group) is 1. The van der Waals surface area contributed by atoms with Crippen molar-refractivity contribution in [2.24, 2.45) is 0 Å². The number of carboxylic acids is 1. The number of rotatable bonds is 10. The largest absolute Gasteiger partial charge is 0.548 e. The minimum Gasteiger partial charge on any atom is -0.548 e. The topological polar surface area (TPSA) is 96.9 Å². The van der Waals surface area contributed by atoms with E-state index in [1.54, 1.807) is 0 Å². The van der Waals surface area contributed by atoms with Gasteiger partial charge in [0.1, 0.15) is 0 Å². The summed E-state index contributed by atoms with van der Waals surface area (Å²) in [4.78, 5) is 22.9. The van der Waals surface area contributed by atoms with E-state index in [9.17, 15) is 14.7 Å². The Morgan fingerprint density at radius 3 is 2.00 bits per heavy atom. The van der Waals surface area contributed by atoms with Gasteiger partial charge in [-0.1, -0.05) is 45.4 Å². The van der Waals surface area contributed by atoms with E-state index in [4.69, 9.17) is 0 Å². The molecule has 0 saturated carbocycles. The first kappa shape index (κ1) is 19.2. The third kappa shape index (κ3) is 11.4. The van der Waals surface area contributed by atoms with Crippen molar-refractivity contribution in [2.45, 2.75) is 58.3 Å². The molecule has 0 fully saturated rings. The summed E-state index contributed by atoms with van der Waals surface area (Å²) in [7, 11) is 1.50. The monoisotopic (exact) mass is 260 g/mol. The van der Waals surface area contributed by atoms with Crippen LogP contribution >= 0.6 is 0 Å². The highest BCUT2D eigenvalue weighted by atomic mass is 16.4. The molecule has 0 saturated heterocycles. The highest BCUT2D eigenvalue weighted by molar-refractivity contribution is 5.80. The maximum Gasteiger partial charge on any atom is 0.222 e. The summed E-state index contributed by atoms with van der Waals surface area (Å²) in [5.74, 6) is -1.32. The van der Waals surface area contributed by atoms with Crippen LogP contribution in [0.25, 0.3) is 0 Å². The van der Waals surface area contributed by atoms with Crippen molar-refractivity contribution in [3.05, 3.63) is 0 Å². The fourth-order valence-corrected chi connectivity index (χ4v) is 1.71. The molecule has 0 heterocycles. The Bertz CT molecular complexity index is 232. The van der Waals surface area contributed by atoms with Crippen LogP contribution in [0.2, 0.25) is 0 Å². The Kier molecular flexibility index (Phi) is 13.2. The predicted octanol–water partition coefficient (Wildman–Crippen LogP) is 1.71. The van der Waals surface area contributed by atoms with Crippen molar-refractivity contribution in [1.29, 1.82) is 0 Å². The molecule has 0 rings (SSSR count). The van der Waals surface area contributed by atoms with Gasteiger partial charge in [0.15, 0.2) is 0 Å². The van der Waals surface area contributed by atoms with E-state index in [1.165, 1.54) is 37.6 Å². The number of carboxylic acid groups (broad SMARTS) is 1. The Labute approximate surface area is 110 Å². The van der Waals surface area contributed by atoms with Gasteiger partial charge in [-0.3, -0.25) is 4.79 Å². The van der Waals surface area contributed by atoms with Crippen LogP contribution in [0.15, 0.2) is 0 Å². The van der Waals surface area contributed by atoms with Crippen LogP contribution < -0.4 is 11.3 Å².